The summed E-state index contributed by atoms with van der Waals surface area (Å²) in [4.78, 5) is 7.34. The van der Waals surface area contributed by atoms with E-state index in [2.05, 4.69) is 31.7 Å². The van der Waals surface area contributed by atoms with Crippen LogP contribution < -0.4 is 4.90 Å². The molecule has 0 aliphatic carbocycles. The lowest BCUT2D eigenvalue weighted by atomic mass is 9.91. The molecule has 170 valence electrons. The molecule has 0 amide bonds. The van der Waals surface area contributed by atoms with Gasteiger partial charge in [0.25, 0.3) is 0 Å². The van der Waals surface area contributed by atoms with Crippen molar-refractivity contribution in [3.05, 3.63) is 52.2 Å². The highest BCUT2D eigenvalue weighted by molar-refractivity contribution is 7.99. The molecule has 0 radical (unpaired) electrons. The van der Waals surface area contributed by atoms with Gasteiger partial charge < -0.3 is 4.90 Å². The molecule has 0 unspecified atom stereocenters. The molecule has 32 heavy (non-hydrogen) atoms. The maximum atomic E-state index is 13.1. The van der Waals surface area contributed by atoms with Gasteiger partial charge in [-0.15, -0.1) is 0 Å². The first-order valence-corrected chi connectivity index (χ1v) is 13.5. The van der Waals surface area contributed by atoms with E-state index in [0.29, 0.717) is 36.6 Å². The Hall–Kier alpha value is -2.08. The third-order valence-corrected chi connectivity index (χ3v) is 9.60. The molecule has 4 rings (SSSR count). The van der Waals surface area contributed by atoms with E-state index in [4.69, 9.17) is 4.98 Å². The Morgan fingerprint density at radius 2 is 1.78 bits per heavy atom. The maximum Gasteiger partial charge on any atom is 0.243 e. The summed E-state index contributed by atoms with van der Waals surface area (Å²) in [5.74, 6) is 1.61. The van der Waals surface area contributed by atoms with E-state index in [9.17, 15) is 13.7 Å². The molecule has 0 spiro atoms. The van der Waals surface area contributed by atoms with Gasteiger partial charge in [0.05, 0.1) is 10.5 Å². The molecule has 8 heteroatoms. The van der Waals surface area contributed by atoms with E-state index in [0.717, 1.165) is 41.2 Å². The van der Waals surface area contributed by atoms with E-state index in [1.807, 2.05) is 30.8 Å². The molecule has 0 saturated carbocycles. The molecule has 1 fully saturated rings. The third-order valence-electron chi connectivity index (χ3n) is 6.33. The second kappa shape index (κ2) is 8.69. The van der Waals surface area contributed by atoms with Crippen LogP contribution in [0.2, 0.25) is 0 Å². The van der Waals surface area contributed by atoms with E-state index < -0.39 is 10.0 Å². The number of aryl methyl sites for hydroxylation is 2. The van der Waals surface area contributed by atoms with E-state index in [1.54, 1.807) is 16.4 Å². The standard InChI is InChI=1S/C24H30N4O2S2/c1-5-22-21-16-31-24(3,4)14-19(21)20(15-25)23(26-22)27-10-12-28(13-11-27)32(29,30)18-8-6-17(2)7-9-18/h6-9H,5,10-14,16H2,1-4H3. The van der Waals surface area contributed by atoms with Crippen molar-refractivity contribution in [2.45, 2.75) is 55.9 Å². The molecule has 1 saturated heterocycles. The van der Waals surface area contributed by atoms with E-state index in [-0.39, 0.29) is 4.75 Å². The Balaban J connectivity index is 1.61. The van der Waals surface area contributed by atoms with Crippen LogP contribution in [0.25, 0.3) is 0 Å². The van der Waals surface area contributed by atoms with Gasteiger partial charge in [0.2, 0.25) is 10.0 Å². The number of thioether (sulfide) groups is 1. The zero-order valence-electron chi connectivity index (χ0n) is 19.2. The van der Waals surface area contributed by atoms with Crippen LogP contribution in [0.4, 0.5) is 5.82 Å². The molecule has 0 atom stereocenters. The van der Waals surface area contributed by atoms with Crippen LogP contribution in [0.5, 0.6) is 0 Å². The first-order valence-electron chi connectivity index (χ1n) is 11.1. The minimum Gasteiger partial charge on any atom is -0.353 e. The summed E-state index contributed by atoms with van der Waals surface area (Å²) in [6, 6.07) is 9.43. The molecule has 1 aromatic heterocycles. The fourth-order valence-electron chi connectivity index (χ4n) is 4.46. The van der Waals surface area contributed by atoms with Crippen LogP contribution in [0.3, 0.4) is 0 Å². The SMILES string of the molecule is CCc1nc(N2CCN(S(=O)(=O)c3ccc(C)cc3)CC2)c(C#N)c2c1CSC(C)(C)C2. The number of sulfonamides is 1. The van der Waals surface area contributed by atoms with Crippen molar-refractivity contribution in [3.8, 4) is 6.07 Å². The van der Waals surface area contributed by atoms with Gasteiger partial charge in [-0.2, -0.15) is 21.3 Å². The minimum absolute atomic E-state index is 0.0864. The van der Waals surface area contributed by atoms with Gasteiger partial charge in [-0.05, 0) is 43.0 Å². The lowest BCUT2D eigenvalue weighted by Gasteiger charge is -2.37. The van der Waals surface area contributed by atoms with Crippen molar-refractivity contribution in [2.75, 3.05) is 31.1 Å². The number of piperazine rings is 1. The number of hydrogen-bond acceptors (Lipinski definition) is 6. The molecule has 2 aliphatic rings. The summed E-state index contributed by atoms with van der Waals surface area (Å²) in [6.07, 6.45) is 1.67. The highest BCUT2D eigenvalue weighted by atomic mass is 32.2. The van der Waals surface area contributed by atoms with Crippen LogP contribution >= 0.6 is 11.8 Å². The zero-order valence-corrected chi connectivity index (χ0v) is 20.8. The molecular weight excluding hydrogens is 440 g/mol. The van der Waals surface area contributed by atoms with Crippen molar-refractivity contribution in [3.63, 3.8) is 0 Å². The molecule has 1 aromatic carbocycles. The number of benzene rings is 1. The first-order chi connectivity index (χ1) is 15.2. The Kier molecular flexibility index (Phi) is 6.27. The Morgan fingerprint density at radius 3 is 2.38 bits per heavy atom. The summed E-state index contributed by atoms with van der Waals surface area (Å²) >= 11 is 1.92. The predicted molar refractivity (Wildman–Crippen MR) is 130 cm³/mol. The summed E-state index contributed by atoms with van der Waals surface area (Å²) in [5, 5.41) is 10.1. The number of pyridine rings is 1. The molecule has 0 bridgehead atoms. The topological polar surface area (TPSA) is 77.3 Å². The number of nitrogens with zero attached hydrogens (tertiary/aromatic N) is 4. The van der Waals surface area contributed by atoms with E-state index in [1.165, 1.54) is 5.56 Å². The molecule has 2 aromatic rings. The van der Waals surface area contributed by atoms with Crippen LogP contribution in [-0.2, 0) is 28.6 Å². The first kappa shape index (κ1) is 23.1. The van der Waals surface area contributed by atoms with Gasteiger partial charge in [0, 0.05) is 42.4 Å². The fourth-order valence-corrected chi connectivity index (χ4v) is 7.00. The minimum atomic E-state index is -3.52. The predicted octanol–water partition coefficient (Wildman–Crippen LogP) is 3.90. The van der Waals surface area contributed by atoms with Gasteiger partial charge >= 0.3 is 0 Å². The number of anilines is 1. The Morgan fingerprint density at radius 1 is 1.12 bits per heavy atom. The van der Waals surface area contributed by atoms with Crippen molar-refractivity contribution in [1.82, 2.24) is 9.29 Å². The summed E-state index contributed by atoms with van der Waals surface area (Å²) in [5.41, 5.74) is 5.11. The lowest BCUT2D eigenvalue weighted by Crippen LogP contribution is -2.49. The average molecular weight is 471 g/mol. The van der Waals surface area contributed by atoms with Crippen LogP contribution in [0, 0.1) is 18.3 Å². The second-order valence-corrected chi connectivity index (χ2v) is 12.7. The third kappa shape index (κ3) is 4.26. The van der Waals surface area contributed by atoms with Gasteiger partial charge in [-0.25, -0.2) is 13.4 Å². The maximum absolute atomic E-state index is 13.1. The largest absolute Gasteiger partial charge is 0.353 e. The van der Waals surface area contributed by atoms with E-state index >= 15 is 0 Å². The lowest BCUT2D eigenvalue weighted by molar-refractivity contribution is 0.383. The van der Waals surface area contributed by atoms with Crippen LogP contribution in [0.15, 0.2) is 29.2 Å². The quantitative estimate of drug-likeness (QED) is 0.674. The summed E-state index contributed by atoms with van der Waals surface area (Å²) < 4.78 is 27.8. The number of nitriles is 1. The number of aromatic nitrogens is 1. The van der Waals surface area contributed by atoms with Gasteiger partial charge in [0.1, 0.15) is 11.9 Å². The van der Waals surface area contributed by atoms with Crippen molar-refractivity contribution in [1.29, 1.82) is 5.26 Å². The number of fused-ring (bicyclic) bond motifs is 1. The smallest absolute Gasteiger partial charge is 0.243 e. The zero-order chi connectivity index (χ0) is 23.1. The monoisotopic (exact) mass is 470 g/mol. The van der Waals surface area contributed by atoms with Crippen LogP contribution in [0.1, 0.15) is 48.7 Å². The van der Waals surface area contributed by atoms with Crippen molar-refractivity contribution >= 4 is 27.6 Å². The summed E-state index contributed by atoms with van der Waals surface area (Å²) in [6.45, 7) is 10.3. The van der Waals surface area contributed by atoms with Gasteiger partial charge in [0.15, 0.2) is 0 Å². The van der Waals surface area contributed by atoms with Crippen molar-refractivity contribution < 1.29 is 8.42 Å². The average Bonchev–Trinajstić information content (AvgIpc) is 2.77. The van der Waals surface area contributed by atoms with Crippen LogP contribution in [-0.4, -0.2) is 48.6 Å². The van der Waals surface area contributed by atoms with Gasteiger partial charge in [-0.3, -0.25) is 0 Å². The highest BCUT2D eigenvalue weighted by Crippen LogP contribution is 2.42. The van der Waals surface area contributed by atoms with Crippen molar-refractivity contribution in [2.24, 2.45) is 0 Å². The normalized spacial score (nSPS) is 18.8. The molecule has 0 N–H and O–H groups in total. The molecular formula is C24H30N4O2S2. The molecule has 6 nitrogen and oxygen atoms in total. The molecule has 3 heterocycles. The molecule has 2 aliphatic heterocycles. The fraction of sp³-hybridized carbons (Fsp3) is 0.500. The highest BCUT2D eigenvalue weighted by Gasteiger charge is 2.34. The summed E-state index contributed by atoms with van der Waals surface area (Å²) in [7, 11) is -3.52. The van der Waals surface area contributed by atoms with Gasteiger partial charge in [-0.1, -0.05) is 38.5 Å². The Labute approximate surface area is 195 Å². The number of rotatable bonds is 4. The number of hydrogen-bond donors (Lipinski definition) is 0. The second-order valence-electron chi connectivity index (χ2n) is 9.11. The Bertz CT molecular complexity index is 1160.